The molecule has 0 atom stereocenters. The number of nitriles is 1. The number of carboxylic acids is 1. The fourth-order valence-corrected chi connectivity index (χ4v) is 5.05. The lowest BCUT2D eigenvalue weighted by atomic mass is 9.98. The minimum atomic E-state index is -1.03. The Morgan fingerprint density at radius 2 is 1.95 bits per heavy atom. The van der Waals surface area contributed by atoms with E-state index in [1.807, 2.05) is 0 Å². The monoisotopic (exact) mass is 532 g/mol. The van der Waals surface area contributed by atoms with Crippen LogP contribution in [-0.2, 0) is 17.5 Å². The van der Waals surface area contributed by atoms with Gasteiger partial charge in [0.15, 0.2) is 5.69 Å². The standard InChI is InChI=1S/C27H24N4O6S/c1-31-23(27(35)36-2)22(29)21-20(16-6-8-18(9-7-16)37-11-10-32)19(13-28)25(30-24(21)31)38-14-15-4-3-5-17(12-15)26(33)34/h3-9,12,32H,10-11,14,29H2,1-2H3,(H,33,34). The number of benzene rings is 2. The average Bonchev–Trinajstić information content (AvgIpc) is 3.18. The first kappa shape index (κ1) is 26.5. The van der Waals surface area contributed by atoms with Gasteiger partial charge in [0, 0.05) is 18.4 Å². The molecule has 4 rings (SSSR count). The van der Waals surface area contributed by atoms with Gasteiger partial charge in [-0.1, -0.05) is 24.3 Å². The highest BCUT2D eigenvalue weighted by Gasteiger charge is 2.27. The van der Waals surface area contributed by atoms with Crippen LogP contribution in [0.3, 0.4) is 0 Å². The van der Waals surface area contributed by atoms with Crippen molar-refractivity contribution in [2.24, 2.45) is 7.05 Å². The number of aryl methyl sites for hydroxylation is 1. The number of nitrogens with zero attached hydrogens (tertiary/aromatic N) is 3. The van der Waals surface area contributed by atoms with Crippen LogP contribution in [0.15, 0.2) is 53.6 Å². The largest absolute Gasteiger partial charge is 0.491 e. The van der Waals surface area contributed by atoms with Gasteiger partial charge in [-0.05, 0) is 35.4 Å². The van der Waals surface area contributed by atoms with Crippen molar-refractivity contribution >= 4 is 40.4 Å². The molecule has 11 heteroatoms. The molecule has 38 heavy (non-hydrogen) atoms. The van der Waals surface area contributed by atoms with Crippen molar-refractivity contribution < 1.29 is 29.3 Å². The Morgan fingerprint density at radius 3 is 2.58 bits per heavy atom. The van der Waals surface area contributed by atoms with Crippen LogP contribution in [0.2, 0.25) is 0 Å². The molecule has 0 aliphatic heterocycles. The summed E-state index contributed by atoms with van der Waals surface area (Å²) in [6.07, 6.45) is 0. The van der Waals surface area contributed by atoms with E-state index in [4.69, 9.17) is 25.3 Å². The molecule has 0 fully saturated rings. The van der Waals surface area contributed by atoms with Gasteiger partial charge in [0.05, 0.1) is 35.9 Å². The van der Waals surface area contributed by atoms with Crippen LogP contribution in [0.25, 0.3) is 22.2 Å². The average molecular weight is 533 g/mol. The minimum absolute atomic E-state index is 0.111. The Balaban J connectivity index is 1.90. The van der Waals surface area contributed by atoms with Crippen molar-refractivity contribution in [2.75, 3.05) is 26.1 Å². The molecule has 0 saturated heterocycles. The van der Waals surface area contributed by atoms with E-state index in [-0.39, 0.29) is 35.7 Å². The molecule has 0 bridgehead atoms. The Hall–Kier alpha value is -4.53. The molecular weight excluding hydrogens is 508 g/mol. The number of carboxylic acid groups (broad SMARTS) is 1. The number of aromatic nitrogens is 2. The van der Waals surface area contributed by atoms with Gasteiger partial charge in [-0.15, -0.1) is 11.8 Å². The lowest BCUT2D eigenvalue weighted by Gasteiger charge is -2.13. The zero-order valence-electron chi connectivity index (χ0n) is 20.6. The predicted molar refractivity (Wildman–Crippen MR) is 142 cm³/mol. The number of nitrogens with two attached hydrogens (primary N) is 1. The second-order valence-electron chi connectivity index (χ2n) is 8.18. The lowest BCUT2D eigenvalue weighted by Crippen LogP contribution is -2.10. The number of hydrogen-bond donors (Lipinski definition) is 3. The van der Waals surface area contributed by atoms with E-state index in [2.05, 4.69) is 6.07 Å². The third-order valence-electron chi connectivity index (χ3n) is 5.87. The summed E-state index contributed by atoms with van der Waals surface area (Å²) < 4.78 is 11.9. The summed E-state index contributed by atoms with van der Waals surface area (Å²) >= 11 is 1.27. The van der Waals surface area contributed by atoms with Gasteiger partial charge >= 0.3 is 11.9 Å². The predicted octanol–water partition coefficient (Wildman–Crippen LogP) is 3.84. The molecule has 0 radical (unpaired) electrons. The van der Waals surface area contributed by atoms with Crippen LogP contribution in [0.4, 0.5) is 5.69 Å². The fraction of sp³-hybridized carbons (Fsp3) is 0.185. The van der Waals surface area contributed by atoms with Crippen molar-refractivity contribution in [1.29, 1.82) is 5.26 Å². The van der Waals surface area contributed by atoms with Crippen molar-refractivity contribution in [2.45, 2.75) is 10.8 Å². The highest BCUT2D eigenvalue weighted by atomic mass is 32.2. The Kier molecular flexibility index (Phi) is 7.85. The molecular formula is C27H24N4O6S. The normalized spacial score (nSPS) is 10.8. The van der Waals surface area contributed by atoms with Gasteiger partial charge < -0.3 is 30.0 Å². The molecule has 2 aromatic carbocycles. The molecule has 2 heterocycles. The second-order valence-corrected chi connectivity index (χ2v) is 9.14. The summed E-state index contributed by atoms with van der Waals surface area (Å²) in [5.41, 5.74) is 9.39. The first-order valence-electron chi connectivity index (χ1n) is 11.4. The number of esters is 1. The number of anilines is 1. The maximum atomic E-state index is 12.5. The summed E-state index contributed by atoms with van der Waals surface area (Å²) in [7, 11) is 2.90. The van der Waals surface area contributed by atoms with E-state index in [1.165, 1.54) is 29.5 Å². The van der Waals surface area contributed by atoms with E-state index in [0.29, 0.717) is 38.7 Å². The zero-order chi connectivity index (χ0) is 27.4. The van der Waals surface area contributed by atoms with E-state index in [0.717, 1.165) is 5.56 Å². The number of aliphatic hydroxyl groups excluding tert-OH is 1. The van der Waals surface area contributed by atoms with Crippen molar-refractivity contribution in [3.8, 4) is 22.9 Å². The fourth-order valence-electron chi connectivity index (χ4n) is 4.12. The number of aromatic carboxylic acids is 1. The number of pyridine rings is 1. The summed E-state index contributed by atoms with van der Waals surface area (Å²) in [5, 5.41) is 29.4. The summed E-state index contributed by atoms with van der Waals surface area (Å²) in [5.74, 6) is -0.779. The van der Waals surface area contributed by atoms with Crippen LogP contribution in [0, 0.1) is 11.3 Å². The molecule has 4 aromatic rings. The lowest BCUT2D eigenvalue weighted by molar-refractivity contribution is 0.0590. The smallest absolute Gasteiger partial charge is 0.356 e. The van der Waals surface area contributed by atoms with Crippen LogP contribution < -0.4 is 10.5 Å². The highest BCUT2D eigenvalue weighted by Crippen LogP contribution is 2.42. The Morgan fingerprint density at radius 1 is 1.21 bits per heavy atom. The van der Waals surface area contributed by atoms with Gasteiger partial charge in [0.2, 0.25) is 0 Å². The third kappa shape index (κ3) is 5.00. The molecule has 0 amide bonds. The number of ether oxygens (including phenoxy) is 2. The van der Waals surface area contributed by atoms with Gasteiger partial charge in [0.1, 0.15) is 29.1 Å². The van der Waals surface area contributed by atoms with Crippen LogP contribution >= 0.6 is 11.8 Å². The Labute approximate surface area is 222 Å². The quantitative estimate of drug-likeness (QED) is 0.213. The summed E-state index contributed by atoms with van der Waals surface area (Å²) in [6.45, 7) is 0.0123. The molecule has 0 saturated carbocycles. The maximum Gasteiger partial charge on any atom is 0.356 e. The molecule has 0 spiro atoms. The molecule has 4 N–H and O–H groups in total. The number of rotatable bonds is 9. The molecule has 194 valence electrons. The van der Waals surface area contributed by atoms with Gasteiger partial charge in [0.25, 0.3) is 0 Å². The molecule has 0 aliphatic rings. The topological polar surface area (TPSA) is 161 Å². The third-order valence-corrected chi connectivity index (χ3v) is 6.91. The van der Waals surface area contributed by atoms with Gasteiger partial charge in [-0.3, -0.25) is 0 Å². The van der Waals surface area contributed by atoms with Crippen molar-refractivity contribution in [3.05, 3.63) is 70.9 Å². The van der Waals surface area contributed by atoms with E-state index >= 15 is 0 Å². The summed E-state index contributed by atoms with van der Waals surface area (Å²) in [4.78, 5) is 28.6. The first-order valence-corrected chi connectivity index (χ1v) is 12.4. The van der Waals surface area contributed by atoms with E-state index < -0.39 is 11.9 Å². The molecule has 0 unspecified atom stereocenters. The summed E-state index contributed by atoms with van der Waals surface area (Å²) in [6, 6.07) is 15.7. The van der Waals surface area contributed by atoms with Crippen molar-refractivity contribution in [3.63, 3.8) is 0 Å². The van der Waals surface area contributed by atoms with Crippen LogP contribution in [-0.4, -0.2) is 52.0 Å². The SMILES string of the molecule is COC(=O)c1c(N)c2c(-c3ccc(OCCO)cc3)c(C#N)c(SCc3cccc(C(=O)O)c3)nc2n1C. The van der Waals surface area contributed by atoms with Crippen molar-refractivity contribution in [1.82, 2.24) is 9.55 Å². The van der Waals surface area contributed by atoms with Gasteiger partial charge in [-0.2, -0.15) is 5.26 Å². The molecule has 0 aliphatic carbocycles. The molecule has 2 aromatic heterocycles. The van der Waals surface area contributed by atoms with Gasteiger partial charge in [-0.25, -0.2) is 14.6 Å². The molecule has 10 nitrogen and oxygen atoms in total. The number of nitrogen functional groups attached to an aromatic ring is 1. The first-order chi connectivity index (χ1) is 18.3. The Bertz CT molecular complexity index is 1570. The number of hydrogen-bond acceptors (Lipinski definition) is 9. The number of carbonyl (C=O) groups excluding carboxylic acids is 1. The zero-order valence-corrected chi connectivity index (χ0v) is 21.4. The number of aliphatic hydroxyl groups is 1. The number of methoxy groups -OCH3 is 1. The number of thioether (sulfide) groups is 1. The second kappa shape index (κ2) is 11.2. The number of fused-ring (bicyclic) bond motifs is 1. The highest BCUT2D eigenvalue weighted by molar-refractivity contribution is 7.98. The minimum Gasteiger partial charge on any atom is -0.491 e. The van der Waals surface area contributed by atoms with E-state index in [9.17, 15) is 20.0 Å². The van der Waals surface area contributed by atoms with Crippen LogP contribution in [0.1, 0.15) is 32.0 Å². The maximum absolute atomic E-state index is 12.5. The van der Waals surface area contributed by atoms with Crippen LogP contribution in [0.5, 0.6) is 5.75 Å². The van der Waals surface area contributed by atoms with E-state index in [1.54, 1.807) is 49.5 Å². The number of carbonyl (C=O) groups is 2.